The molecular weight excluding hydrogens is 246 g/mol. The fourth-order valence-electron chi connectivity index (χ4n) is 2.61. The van der Waals surface area contributed by atoms with Gasteiger partial charge in [-0.25, -0.2) is 9.97 Å². The third kappa shape index (κ3) is 2.12. The lowest BCUT2D eigenvalue weighted by molar-refractivity contribution is 0.474. The maximum atomic E-state index is 6.03. The SMILES string of the molecule is Cc1ccc2nc(CCl)n(C(C)CC3CC3)c2n1. The first kappa shape index (κ1) is 12.0. The minimum Gasteiger partial charge on any atom is -0.309 e. The zero-order chi connectivity index (χ0) is 12.7. The van der Waals surface area contributed by atoms with Crippen LogP contribution >= 0.6 is 11.6 Å². The average molecular weight is 264 g/mol. The van der Waals surface area contributed by atoms with Gasteiger partial charge in [-0.1, -0.05) is 12.8 Å². The molecule has 18 heavy (non-hydrogen) atoms. The molecule has 1 unspecified atom stereocenters. The summed E-state index contributed by atoms with van der Waals surface area (Å²) in [5.74, 6) is 2.29. The Kier molecular flexibility index (Phi) is 3.02. The summed E-state index contributed by atoms with van der Waals surface area (Å²) in [7, 11) is 0. The number of hydrogen-bond donors (Lipinski definition) is 0. The number of pyridine rings is 1. The molecule has 0 aromatic carbocycles. The molecule has 1 saturated carbocycles. The van der Waals surface area contributed by atoms with Gasteiger partial charge in [0.2, 0.25) is 0 Å². The smallest absolute Gasteiger partial charge is 0.160 e. The topological polar surface area (TPSA) is 30.7 Å². The summed E-state index contributed by atoms with van der Waals surface area (Å²) in [6.07, 6.45) is 3.96. The standard InChI is InChI=1S/C14H18ClN3/c1-9-3-6-12-14(16-9)18(13(8-15)17-12)10(2)7-11-4-5-11/h3,6,10-11H,4-5,7-8H2,1-2H3. The van der Waals surface area contributed by atoms with Crippen LogP contribution in [0.3, 0.4) is 0 Å². The van der Waals surface area contributed by atoms with Gasteiger partial charge in [0.25, 0.3) is 0 Å². The number of fused-ring (bicyclic) bond motifs is 1. The fourth-order valence-corrected chi connectivity index (χ4v) is 2.80. The normalized spacial score (nSPS) is 17.3. The fraction of sp³-hybridized carbons (Fsp3) is 0.571. The summed E-state index contributed by atoms with van der Waals surface area (Å²) in [4.78, 5) is 9.22. The molecule has 1 atom stereocenters. The van der Waals surface area contributed by atoms with Crippen molar-refractivity contribution in [3.8, 4) is 0 Å². The first-order valence-corrected chi connectivity index (χ1v) is 7.13. The van der Waals surface area contributed by atoms with E-state index >= 15 is 0 Å². The van der Waals surface area contributed by atoms with Crippen LogP contribution in [0.15, 0.2) is 12.1 Å². The molecule has 1 aliphatic rings. The maximum Gasteiger partial charge on any atom is 0.160 e. The van der Waals surface area contributed by atoms with E-state index in [1.165, 1.54) is 19.3 Å². The monoisotopic (exact) mass is 263 g/mol. The molecule has 2 aromatic heterocycles. The molecule has 0 spiro atoms. The highest BCUT2D eigenvalue weighted by Gasteiger charge is 2.26. The van der Waals surface area contributed by atoms with Gasteiger partial charge in [-0.15, -0.1) is 11.6 Å². The Bertz CT molecular complexity index is 572. The number of rotatable bonds is 4. The molecule has 0 radical (unpaired) electrons. The second kappa shape index (κ2) is 4.54. The molecule has 0 aliphatic heterocycles. The molecule has 4 heteroatoms. The van der Waals surface area contributed by atoms with E-state index in [2.05, 4.69) is 21.5 Å². The van der Waals surface area contributed by atoms with E-state index in [9.17, 15) is 0 Å². The highest BCUT2D eigenvalue weighted by atomic mass is 35.5. The number of aryl methyl sites for hydroxylation is 1. The van der Waals surface area contributed by atoms with Crippen molar-refractivity contribution in [3.05, 3.63) is 23.7 Å². The summed E-state index contributed by atoms with van der Waals surface area (Å²) >= 11 is 6.03. The number of nitrogens with zero attached hydrogens (tertiary/aromatic N) is 3. The number of imidazole rings is 1. The largest absolute Gasteiger partial charge is 0.309 e. The van der Waals surface area contributed by atoms with E-state index in [4.69, 9.17) is 11.6 Å². The molecule has 1 aliphatic carbocycles. The van der Waals surface area contributed by atoms with Crippen molar-refractivity contribution in [2.45, 2.75) is 45.0 Å². The molecule has 96 valence electrons. The molecule has 2 aromatic rings. The molecule has 0 amide bonds. The van der Waals surface area contributed by atoms with Gasteiger partial charge in [0, 0.05) is 11.7 Å². The first-order chi connectivity index (χ1) is 8.69. The van der Waals surface area contributed by atoms with Gasteiger partial charge < -0.3 is 4.57 Å². The molecule has 3 nitrogen and oxygen atoms in total. The zero-order valence-electron chi connectivity index (χ0n) is 10.9. The zero-order valence-corrected chi connectivity index (χ0v) is 11.6. The van der Waals surface area contributed by atoms with Crippen LogP contribution in [-0.2, 0) is 5.88 Å². The second-order valence-electron chi connectivity index (χ2n) is 5.36. The summed E-state index contributed by atoms with van der Waals surface area (Å²) in [5.41, 5.74) is 2.97. The van der Waals surface area contributed by atoms with E-state index in [1.807, 2.05) is 19.1 Å². The lowest BCUT2D eigenvalue weighted by Gasteiger charge is -2.16. The van der Waals surface area contributed by atoms with Crippen molar-refractivity contribution in [2.24, 2.45) is 5.92 Å². The summed E-state index contributed by atoms with van der Waals surface area (Å²) in [6, 6.07) is 4.47. The van der Waals surface area contributed by atoms with Gasteiger partial charge in [0.05, 0.1) is 5.88 Å². The van der Waals surface area contributed by atoms with E-state index in [1.54, 1.807) is 0 Å². The molecule has 1 fully saturated rings. The quantitative estimate of drug-likeness (QED) is 0.785. The molecule has 0 N–H and O–H groups in total. The Morgan fingerprint density at radius 3 is 2.83 bits per heavy atom. The van der Waals surface area contributed by atoms with Gasteiger partial charge in [0.15, 0.2) is 5.65 Å². The van der Waals surface area contributed by atoms with E-state index in [0.717, 1.165) is 28.6 Å². The van der Waals surface area contributed by atoms with Gasteiger partial charge in [0.1, 0.15) is 11.3 Å². The van der Waals surface area contributed by atoms with E-state index < -0.39 is 0 Å². The van der Waals surface area contributed by atoms with E-state index in [0.29, 0.717) is 11.9 Å². The minimum absolute atomic E-state index is 0.436. The van der Waals surface area contributed by atoms with Crippen LogP contribution in [0.5, 0.6) is 0 Å². The van der Waals surface area contributed by atoms with Crippen molar-refractivity contribution in [2.75, 3.05) is 0 Å². The van der Waals surface area contributed by atoms with Crippen LogP contribution < -0.4 is 0 Å². The van der Waals surface area contributed by atoms with Crippen molar-refractivity contribution in [3.63, 3.8) is 0 Å². The maximum absolute atomic E-state index is 6.03. The number of hydrogen-bond acceptors (Lipinski definition) is 2. The van der Waals surface area contributed by atoms with Gasteiger partial charge in [-0.3, -0.25) is 0 Å². The van der Waals surface area contributed by atoms with Gasteiger partial charge in [-0.05, 0) is 38.3 Å². The number of aromatic nitrogens is 3. The predicted octanol–water partition coefficient (Wildman–Crippen LogP) is 3.84. The highest BCUT2D eigenvalue weighted by molar-refractivity contribution is 6.16. The lowest BCUT2D eigenvalue weighted by atomic mass is 10.1. The second-order valence-corrected chi connectivity index (χ2v) is 5.62. The number of halogens is 1. The van der Waals surface area contributed by atoms with Crippen LogP contribution in [-0.4, -0.2) is 14.5 Å². The molecule has 0 bridgehead atoms. The third-order valence-electron chi connectivity index (χ3n) is 3.68. The Hall–Kier alpha value is -1.09. The van der Waals surface area contributed by atoms with Crippen LogP contribution in [0, 0.1) is 12.8 Å². The summed E-state index contributed by atoms with van der Waals surface area (Å²) < 4.78 is 2.23. The Morgan fingerprint density at radius 1 is 1.39 bits per heavy atom. The Morgan fingerprint density at radius 2 is 2.17 bits per heavy atom. The van der Waals surface area contributed by atoms with Crippen molar-refractivity contribution in [1.29, 1.82) is 0 Å². The van der Waals surface area contributed by atoms with Crippen LogP contribution in [0.25, 0.3) is 11.2 Å². The van der Waals surface area contributed by atoms with Crippen LogP contribution in [0.1, 0.15) is 43.7 Å². The molecule has 2 heterocycles. The highest BCUT2D eigenvalue weighted by Crippen LogP contribution is 2.37. The molecule has 3 rings (SSSR count). The molecule has 0 saturated heterocycles. The van der Waals surface area contributed by atoms with Crippen LogP contribution in [0.2, 0.25) is 0 Å². The lowest BCUT2D eigenvalue weighted by Crippen LogP contribution is -2.10. The summed E-state index contributed by atoms with van der Waals surface area (Å²) in [5, 5.41) is 0. The summed E-state index contributed by atoms with van der Waals surface area (Å²) in [6.45, 7) is 4.27. The van der Waals surface area contributed by atoms with Crippen molar-refractivity contribution < 1.29 is 0 Å². The molecular formula is C14H18ClN3. The van der Waals surface area contributed by atoms with Crippen LogP contribution in [0.4, 0.5) is 0 Å². The van der Waals surface area contributed by atoms with Crippen molar-refractivity contribution >= 4 is 22.8 Å². The predicted molar refractivity (Wildman–Crippen MR) is 73.9 cm³/mol. The van der Waals surface area contributed by atoms with Gasteiger partial charge in [-0.2, -0.15) is 0 Å². The van der Waals surface area contributed by atoms with Crippen molar-refractivity contribution in [1.82, 2.24) is 14.5 Å². The Balaban J connectivity index is 2.07. The average Bonchev–Trinajstić information content (AvgIpc) is 3.07. The Labute approximate surface area is 112 Å². The third-order valence-corrected chi connectivity index (χ3v) is 3.92. The minimum atomic E-state index is 0.436. The first-order valence-electron chi connectivity index (χ1n) is 6.59. The van der Waals surface area contributed by atoms with E-state index in [-0.39, 0.29) is 0 Å². The van der Waals surface area contributed by atoms with Gasteiger partial charge >= 0.3 is 0 Å². The number of alkyl halides is 1.